The van der Waals surface area contributed by atoms with E-state index in [0.717, 1.165) is 31.7 Å². The molecule has 1 aromatic heterocycles. The molecule has 0 aliphatic carbocycles. The zero-order valence-corrected chi connectivity index (χ0v) is 22.5. The number of phenolic OH excluding ortho intramolecular Hbond substituents is 6. The summed E-state index contributed by atoms with van der Waals surface area (Å²) < 4.78 is 11.6. The molecule has 0 saturated heterocycles. The molecule has 0 bridgehead atoms. The molecule has 42 heavy (non-hydrogen) atoms. The Morgan fingerprint density at radius 3 is 2.21 bits per heavy atom. The molecule has 0 spiro atoms. The van der Waals surface area contributed by atoms with Crippen LogP contribution in [0.2, 0.25) is 0 Å². The van der Waals surface area contributed by atoms with E-state index in [9.17, 15) is 40.2 Å². The maximum atomic E-state index is 13.3. The number of ether oxygens (including phenoxy) is 1. The molecule has 4 rings (SSSR count). The molecule has 0 atom stereocenters. The van der Waals surface area contributed by atoms with E-state index in [-0.39, 0.29) is 63.6 Å². The van der Waals surface area contributed by atoms with E-state index >= 15 is 0 Å². The highest BCUT2D eigenvalue weighted by Gasteiger charge is 2.21. The first-order valence-corrected chi connectivity index (χ1v) is 13.3. The van der Waals surface area contributed by atoms with Gasteiger partial charge in [0.1, 0.15) is 22.5 Å². The Kier molecular flexibility index (Phi) is 9.43. The molecule has 0 aliphatic heterocycles. The number of nitrogens with one attached hydrogen (secondary N) is 1. The summed E-state index contributed by atoms with van der Waals surface area (Å²) in [4.78, 5) is 25.2. The molecule has 1 heterocycles. The fourth-order valence-corrected chi connectivity index (χ4v) is 4.27. The number of hydrogen-bond acceptors (Lipinski definition) is 10. The lowest BCUT2D eigenvalue weighted by Gasteiger charge is -2.13. The normalized spacial score (nSPS) is 11.2. The zero-order chi connectivity index (χ0) is 30.2. The van der Waals surface area contributed by atoms with Crippen molar-refractivity contribution < 1.29 is 44.6 Å². The van der Waals surface area contributed by atoms with Crippen molar-refractivity contribution in [1.82, 2.24) is 5.32 Å². The molecule has 220 valence electrons. The highest BCUT2D eigenvalue weighted by Crippen LogP contribution is 2.38. The maximum absolute atomic E-state index is 13.3. The van der Waals surface area contributed by atoms with Crippen LogP contribution in [0.5, 0.6) is 40.2 Å². The Morgan fingerprint density at radius 2 is 1.48 bits per heavy atom. The van der Waals surface area contributed by atoms with E-state index in [1.54, 1.807) is 6.07 Å². The number of aromatic hydroxyl groups is 6. The van der Waals surface area contributed by atoms with Gasteiger partial charge in [0.05, 0.1) is 6.61 Å². The molecular formula is C31H31NO10. The molecule has 1 amide bonds. The van der Waals surface area contributed by atoms with Gasteiger partial charge in [-0.15, -0.1) is 0 Å². The molecule has 4 aromatic rings. The van der Waals surface area contributed by atoms with Crippen LogP contribution in [0, 0.1) is 0 Å². The first kappa shape index (κ1) is 29.7. The van der Waals surface area contributed by atoms with Crippen LogP contribution in [-0.2, 0) is 4.79 Å². The van der Waals surface area contributed by atoms with Crippen LogP contribution in [0.3, 0.4) is 0 Å². The zero-order valence-electron chi connectivity index (χ0n) is 22.5. The number of hydrogen-bond donors (Lipinski definition) is 7. The van der Waals surface area contributed by atoms with Gasteiger partial charge in [0, 0.05) is 30.3 Å². The number of carbonyl (C=O) groups excluding carboxylic acids is 1. The van der Waals surface area contributed by atoms with Crippen molar-refractivity contribution in [2.75, 3.05) is 13.2 Å². The van der Waals surface area contributed by atoms with Gasteiger partial charge >= 0.3 is 0 Å². The summed E-state index contributed by atoms with van der Waals surface area (Å²) in [5, 5.41) is 61.2. The summed E-state index contributed by atoms with van der Waals surface area (Å²) in [6, 6.07) is 10.3. The second-order valence-electron chi connectivity index (χ2n) is 9.62. The average Bonchev–Trinajstić information content (AvgIpc) is 2.94. The molecule has 3 aromatic carbocycles. The van der Waals surface area contributed by atoms with E-state index in [0.29, 0.717) is 18.5 Å². The van der Waals surface area contributed by atoms with Crippen LogP contribution in [0.25, 0.3) is 28.4 Å². The minimum Gasteiger partial charge on any atom is -0.508 e. The fraction of sp³-hybridized carbons (Fsp3) is 0.226. The Bertz CT molecular complexity index is 1680. The number of carbonyl (C=O) groups is 1. The molecule has 0 aliphatic rings. The van der Waals surface area contributed by atoms with Crippen LogP contribution in [0.1, 0.15) is 37.7 Å². The number of phenols is 6. The summed E-state index contributed by atoms with van der Waals surface area (Å²) in [5.41, 5.74) is 0.103. The largest absolute Gasteiger partial charge is 0.508 e. The maximum Gasteiger partial charge on any atom is 0.243 e. The van der Waals surface area contributed by atoms with E-state index in [4.69, 9.17) is 9.15 Å². The number of fused-ring (bicyclic) bond motifs is 1. The minimum atomic E-state index is -0.650. The van der Waals surface area contributed by atoms with Gasteiger partial charge in [-0.25, -0.2) is 0 Å². The van der Waals surface area contributed by atoms with Crippen LogP contribution < -0.4 is 15.5 Å². The summed E-state index contributed by atoms with van der Waals surface area (Å²) in [6.07, 6.45) is 6.74. The van der Waals surface area contributed by atoms with Crippen LogP contribution in [-0.4, -0.2) is 49.7 Å². The highest BCUT2D eigenvalue weighted by atomic mass is 16.5. The van der Waals surface area contributed by atoms with Gasteiger partial charge in [0.15, 0.2) is 28.8 Å². The van der Waals surface area contributed by atoms with Crippen molar-refractivity contribution in [3.63, 3.8) is 0 Å². The van der Waals surface area contributed by atoms with E-state index in [1.165, 1.54) is 48.6 Å². The van der Waals surface area contributed by atoms with Crippen molar-refractivity contribution >= 4 is 23.0 Å². The van der Waals surface area contributed by atoms with Crippen molar-refractivity contribution in [3.05, 3.63) is 70.4 Å². The molecule has 11 heteroatoms. The molecule has 0 saturated carbocycles. The van der Waals surface area contributed by atoms with E-state index < -0.39 is 16.9 Å². The Hall–Kier alpha value is -5.32. The number of benzene rings is 3. The summed E-state index contributed by atoms with van der Waals surface area (Å²) in [7, 11) is 0. The van der Waals surface area contributed by atoms with Crippen molar-refractivity contribution in [2.24, 2.45) is 0 Å². The third-order valence-electron chi connectivity index (χ3n) is 6.45. The molecule has 0 unspecified atom stereocenters. The Balaban J connectivity index is 1.28. The van der Waals surface area contributed by atoms with Gasteiger partial charge in [-0.05, 0) is 54.8 Å². The van der Waals surface area contributed by atoms with Crippen LogP contribution in [0.4, 0.5) is 0 Å². The van der Waals surface area contributed by atoms with Gasteiger partial charge in [0.2, 0.25) is 17.1 Å². The van der Waals surface area contributed by atoms with Gasteiger partial charge < -0.3 is 45.1 Å². The van der Waals surface area contributed by atoms with E-state index in [1.807, 2.05) is 0 Å². The van der Waals surface area contributed by atoms with Gasteiger partial charge in [0.25, 0.3) is 0 Å². The molecular weight excluding hydrogens is 546 g/mol. The first-order valence-electron chi connectivity index (χ1n) is 13.3. The smallest absolute Gasteiger partial charge is 0.243 e. The topological polar surface area (TPSA) is 190 Å². The fourth-order valence-electron chi connectivity index (χ4n) is 4.27. The number of unbranched alkanes of at least 4 members (excludes halogenated alkanes) is 4. The third kappa shape index (κ3) is 7.25. The van der Waals surface area contributed by atoms with Gasteiger partial charge in [-0.2, -0.15) is 0 Å². The highest BCUT2D eigenvalue weighted by molar-refractivity contribution is 5.91. The van der Waals surface area contributed by atoms with Crippen LogP contribution >= 0.6 is 0 Å². The standard InChI is InChI=1S/C31H31NO10/c33-20-16-25(38)28-26(17-20)42-30(19-8-10-22(35)24(37)15-19)31(29(28)40)41-13-5-3-1-2-4-12-32-27(39)11-7-18-6-9-21(34)23(36)14-18/h6-11,14-17,33-38H,1-5,12-13H2,(H,32,39)/b11-7+. The first-order chi connectivity index (χ1) is 20.1. The van der Waals surface area contributed by atoms with Gasteiger partial charge in [-0.3, -0.25) is 9.59 Å². The lowest BCUT2D eigenvalue weighted by molar-refractivity contribution is -0.116. The second-order valence-corrected chi connectivity index (χ2v) is 9.62. The predicted octanol–water partition coefficient (Wildman–Crippen LogP) is 4.85. The molecule has 7 N–H and O–H groups in total. The lowest BCUT2D eigenvalue weighted by atomic mass is 10.1. The molecule has 11 nitrogen and oxygen atoms in total. The second kappa shape index (κ2) is 13.4. The monoisotopic (exact) mass is 577 g/mol. The minimum absolute atomic E-state index is 0.0280. The predicted molar refractivity (Wildman–Crippen MR) is 155 cm³/mol. The van der Waals surface area contributed by atoms with Crippen LogP contribution in [0.15, 0.2) is 63.8 Å². The lowest BCUT2D eigenvalue weighted by Crippen LogP contribution is -2.21. The molecule has 0 radical (unpaired) electrons. The molecule has 0 fully saturated rings. The summed E-state index contributed by atoms with van der Waals surface area (Å²) in [5.74, 6) is -2.52. The Morgan fingerprint density at radius 1 is 0.786 bits per heavy atom. The summed E-state index contributed by atoms with van der Waals surface area (Å²) >= 11 is 0. The average molecular weight is 578 g/mol. The van der Waals surface area contributed by atoms with Gasteiger partial charge in [-0.1, -0.05) is 25.3 Å². The SMILES string of the molecule is O=C(/C=C/c1ccc(O)c(O)c1)NCCCCCCCOc1c(-c2ccc(O)c(O)c2)oc2cc(O)cc(O)c2c1=O. The van der Waals surface area contributed by atoms with Crippen molar-refractivity contribution in [3.8, 4) is 51.6 Å². The summed E-state index contributed by atoms with van der Waals surface area (Å²) in [6.45, 7) is 0.654. The van der Waals surface area contributed by atoms with Crippen molar-refractivity contribution in [2.45, 2.75) is 32.1 Å². The Labute approximate surface area is 240 Å². The van der Waals surface area contributed by atoms with Crippen molar-refractivity contribution in [1.29, 1.82) is 0 Å². The number of rotatable bonds is 12. The number of amides is 1. The third-order valence-corrected chi connectivity index (χ3v) is 6.45. The quantitative estimate of drug-likeness (QED) is 0.0696. The van der Waals surface area contributed by atoms with E-state index in [2.05, 4.69) is 5.32 Å².